The molecule has 0 aliphatic heterocycles. The SMILES string of the molecule is CC(C)C(CN(C)C)Nc1ccc2ccccc2n1. The van der Waals surface area contributed by atoms with Crippen LogP contribution in [0.25, 0.3) is 10.9 Å². The molecule has 1 aromatic heterocycles. The van der Waals surface area contributed by atoms with Gasteiger partial charge in [0.2, 0.25) is 0 Å². The number of nitrogens with one attached hydrogen (secondary N) is 1. The molecule has 1 heterocycles. The van der Waals surface area contributed by atoms with Gasteiger partial charge in [-0.15, -0.1) is 0 Å². The number of benzene rings is 1. The summed E-state index contributed by atoms with van der Waals surface area (Å²) < 4.78 is 0. The summed E-state index contributed by atoms with van der Waals surface area (Å²) in [6, 6.07) is 12.8. The Balaban J connectivity index is 2.18. The van der Waals surface area contributed by atoms with Crippen molar-refractivity contribution in [3.05, 3.63) is 36.4 Å². The fourth-order valence-electron chi connectivity index (χ4n) is 2.15. The second kappa shape index (κ2) is 6.02. The highest BCUT2D eigenvalue weighted by Crippen LogP contribution is 2.17. The molecule has 1 N–H and O–H groups in total. The number of pyridine rings is 1. The molecule has 1 aromatic carbocycles. The van der Waals surface area contributed by atoms with Gasteiger partial charge in [-0.2, -0.15) is 0 Å². The Hall–Kier alpha value is -1.61. The summed E-state index contributed by atoms with van der Waals surface area (Å²) >= 11 is 0. The summed E-state index contributed by atoms with van der Waals surface area (Å²) in [4.78, 5) is 6.88. The average molecular weight is 257 g/mol. The van der Waals surface area contributed by atoms with E-state index >= 15 is 0 Å². The highest BCUT2D eigenvalue weighted by Gasteiger charge is 2.14. The molecule has 2 rings (SSSR count). The lowest BCUT2D eigenvalue weighted by Crippen LogP contribution is -2.36. The van der Waals surface area contributed by atoms with Crippen LogP contribution in [0.5, 0.6) is 0 Å². The smallest absolute Gasteiger partial charge is 0.126 e. The predicted octanol–water partition coefficient (Wildman–Crippen LogP) is 3.23. The molecule has 3 heteroatoms. The highest BCUT2D eigenvalue weighted by molar-refractivity contribution is 5.80. The van der Waals surface area contributed by atoms with E-state index in [2.05, 4.69) is 67.4 Å². The minimum atomic E-state index is 0.406. The third kappa shape index (κ3) is 3.67. The van der Waals surface area contributed by atoms with Crippen LogP contribution in [-0.2, 0) is 0 Å². The third-order valence-electron chi connectivity index (χ3n) is 3.30. The predicted molar refractivity (Wildman–Crippen MR) is 82.5 cm³/mol. The standard InChI is InChI=1S/C16H23N3/c1-12(2)15(11-19(3)4)18-16-10-9-13-7-5-6-8-14(13)17-16/h5-10,12,15H,11H2,1-4H3,(H,17,18). The van der Waals surface area contributed by atoms with Crippen molar-refractivity contribution >= 4 is 16.7 Å². The average Bonchev–Trinajstić information content (AvgIpc) is 2.37. The van der Waals surface area contributed by atoms with Gasteiger partial charge in [0.1, 0.15) is 5.82 Å². The minimum absolute atomic E-state index is 0.406. The van der Waals surface area contributed by atoms with Gasteiger partial charge in [-0.25, -0.2) is 4.98 Å². The van der Waals surface area contributed by atoms with Gasteiger partial charge in [0.25, 0.3) is 0 Å². The lowest BCUT2D eigenvalue weighted by atomic mass is 10.0. The first-order valence-electron chi connectivity index (χ1n) is 6.83. The molecule has 0 bridgehead atoms. The van der Waals surface area contributed by atoms with E-state index < -0.39 is 0 Å². The first-order valence-corrected chi connectivity index (χ1v) is 6.83. The molecule has 0 fully saturated rings. The van der Waals surface area contributed by atoms with E-state index in [1.165, 1.54) is 5.39 Å². The van der Waals surface area contributed by atoms with Crippen molar-refractivity contribution < 1.29 is 0 Å². The Morgan fingerprint density at radius 3 is 2.53 bits per heavy atom. The molecule has 0 saturated carbocycles. The van der Waals surface area contributed by atoms with Gasteiger partial charge in [0, 0.05) is 18.0 Å². The maximum absolute atomic E-state index is 4.68. The van der Waals surface area contributed by atoms with E-state index in [9.17, 15) is 0 Å². The molecule has 1 unspecified atom stereocenters. The largest absolute Gasteiger partial charge is 0.366 e. The second-order valence-corrected chi connectivity index (χ2v) is 5.65. The van der Waals surface area contributed by atoms with Crippen molar-refractivity contribution in [3.8, 4) is 0 Å². The number of aromatic nitrogens is 1. The zero-order valence-corrected chi connectivity index (χ0v) is 12.2. The first kappa shape index (κ1) is 13.8. The number of nitrogens with zero attached hydrogens (tertiary/aromatic N) is 2. The van der Waals surface area contributed by atoms with Crippen LogP contribution in [0.1, 0.15) is 13.8 Å². The second-order valence-electron chi connectivity index (χ2n) is 5.65. The molecular weight excluding hydrogens is 234 g/mol. The van der Waals surface area contributed by atoms with E-state index in [-0.39, 0.29) is 0 Å². The van der Waals surface area contributed by atoms with Crippen LogP contribution >= 0.6 is 0 Å². The van der Waals surface area contributed by atoms with Gasteiger partial charge in [-0.1, -0.05) is 32.0 Å². The van der Waals surface area contributed by atoms with Gasteiger partial charge in [-0.3, -0.25) is 0 Å². The third-order valence-corrected chi connectivity index (χ3v) is 3.30. The molecule has 3 nitrogen and oxygen atoms in total. The van der Waals surface area contributed by atoms with E-state index in [0.29, 0.717) is 12.0 Å². The summed E-state index contributed by atoms with van der Waals surface area (Å²) in [6.45, 7) is 5.48. The van der Waals surface area contributed by atoms with Crippen LogP contribution in [0, 0.1) is 5.92 Å². The number of rotatable bonds is 5. The van der Waals surface area contributed by atoms with Gasteiger partial charge in [0.15, 0.2) is 0 Å². The topological polar surface area (TPSA) is 28.2 Å². The van der Waals surface area contributed by atoms with Crippen LogP contribution in [0.2, 0.25) is 0 Å². The monoisotopic (exact) mass is 257 g/mol. The maximum Gasteiger partial charge on any atom is 0.126 e. The van der Waals surface area contributed by atoms with Crippen molar-refractivity contribution in [1.29, 1.82) is 0 Å². The van der Waals surface area contributed by atoms with Crippen LogP contribution in [0.4, 0.5) is 5.82 Å². The summed E-state index contributed by atoms with van der Waals surface area (Å²) in [5.74, 6) is 1.52. The number of fused-ring (bicyclic) bond motifs is 1. The summed E-state index contributed by atoms with van der Waals surface area (Å²) in [6.07, 6.45) is 0. The fourth-order valence-corrected chi connectivity index (χ4v) is 2.15. The lowest BCUT2D eigenvalue weighted by molar-refractivity contribution is 0.344. The van der Waals surface area contributed by atoms with Gasteiger partial charge in [-0.05, 0) is 38.2 Å². The maximum atomic E-state index is 4.68. The van der Waals surface area contributed by atoms with Crippen molar-refractivity contribution in [2.24, 2.45) is 5.92 Å². The zero-order chi connectivity index (χ0) is 13.8. The molecule has 0 amide bonds. The fraction of sp³-hybridized carbons (Fsp3) is 0.438. The van der Waals surface area contributed by atoms with Crippen molar-refractivity contribution in [1.82, 2.24) is 9.88 Å². The van der Waals surface area contributed by atoms with E-state index in [4.69, 9.17) is 0 Å². The molecule has 102 valence electrons. The van der Waals surface area contributed by atoms with Gasteiger partial charge >= 0.3 is 0 Å². The molecule has 0 radical (unpaired) electrons. The summed E-state index contributed by atoms with van der Waals surface area (Å²) in [7, 11) is 4.20. The Morgan fingerprint density at radius 1 is 1.11 bits per heavy atom. The van der Waals surface area contributed by atoms with Crippen LogP contribution < -0.4 is 5.32 Å². The Morgan fingerprint density at radius 2 is 1.84 bits per heavy atom. The Kier molecular flexibility index (Phi) is 4.38. The van der Waals surface area contributed by atoms with Crippen molar-refractivity contribution in [2.45, 2.75) is 19.9 Å². The highest BCUT2D eigenvalue weighted by atomic mass is 15.1. The molecule has 0 saturated heterocycles. The Bertz CT molecular complexity index is 534. The Labute approximate surface area is 115 Å². The van der Waals surface area contributed by atoms with Crippen molar-refractivity contribution in [3.63, 3.8) is 0 Å². The summed E-state index contributed by atoms with van der Waals surface area (Å²) in [5, 5.41) is 4.73. The molecular formula is C16H23N3. The first-order chi connectivity index (χ1) is 9.06. The van der Waals surface area contributed by atoms with E-state index in [0.717, 1.165) is 17.9 Å². The minimum Gasteiger partial charge on any atom is -0.366 e. The van der Waals surface area contributed by atoms with Crippen LogP contribution in [0.3, 0.4) is 0 Å². The van der Waals surface area contributed by atoms with Crippen LogP contribution in [0.15, 0.2) is 36.4 Å². The van der Waals surface area contributed by atoms with E-state index in [1.54, 1.807) is 0 Å². The molecule has 2 aromatic rings. The molecule has 19 heavy (non-hydrogen) atoms. The number of hydrogen-bond acceptors (Lipinski definition) is 3. The summed E-state index contributed by atoms with van der Waals surface area (Å²) in [5.41, 5.74) is 1.04. The number of hydrogen-bond donors (Lipinski definition) is 1. The quantitative estimate of drug-likeness (QED) is 0.891. The normalized spacial score (nSPS) is 13.2. The van der Waals surface area contributed by atoms with Crippen LogP contribution in [-0.4, -0.2) is 36.6 Å². The van der Waals surface area contributed by atoms with Gasteiger partial charge in [0.05, 0.1) is 5.52 Å². The number of likely N-dealkylation sites (N-methyl/N-ethyl adjacent to an activating group) is 1. The van der Waals surface area contributed by atoms with E-state index in [1.807, 2.05) is 12.1 Å². The lowest BCUT2D eigenvalue weighted by Gasteiger charge is -2.26. The van der Waals surface area contributed by atoms with Crippen molar-refractivity contribution in [2.75, 3.05) is 26.0 Å². The zero-order valence-electron chi connectivity index (χ0n) is 12.2. The van der Waals surface area contributed by atoms with Gasteiger partial charge < -0.3 is 10.2 Å². The molecule has 0 spiro atoms. The molecule has 0 aliphatic rings. The molecule has 1 atom stereocenters. The molecule has 0 aliphatic carbocycles. The number of anilines is 1. The number of para-hydroxylation sites is 1.